The van der Waals surface area contributed by atoms with Crippen molar-refractivity contribution < 1.29 is 4.92 Å². The Kier molecular flexibility index (Phi) is 5.40. The van der Waals surface area contributed by atoms with Crippen molar-refractivity contribution in [3.63, 3.8) is 0 Å². The summed E-state index contributed by atoms with van der Waals surface area (Å²) < 4.78 is 0. The molecule has 0 bridgehead atoms. The van der Waals surface area contributed by atoms with Crippen LogP contribution in [0.15, 0.2) is 48.7 Å². The highest BCUT2D eigenvalue weighted by atomic mass is 16.6. The van der Waals surface area contributed by atoms with Crippen LogP contribution in [0.2, 0.25) is 0 Å². The Morgan fingerprint density at radius 2 is 2.05 bits per heavy atom. The van der Waals surface area contributed by atoms with E-state index in [2.05, 4.69) is 29.4 Å². The SMILES string of the molecule is CCCNC(Cc1cc([N+](=O)[O-])ccn1)c1ccccc1. The Balaban J connectivity index is 2.18. The van der Waals surface area contributed by atoms with E-state index in [0.717, 1.165) is 18.7 Å². The fourth-order valence-corrected chi connectivity index (χ4v) is 2.21. The van der Waals surface area contributed by atoms with E-state index in [4.69, 9.17) is 0 Å². The number of benzene rings is 1. The number of hydrogen-bond acceptors (Lipinski definition) is 4. The molecule has 0 fully saturated rings. The molecule has 0 saturated carbocycles. The molecule has 0 aliphatic rings. The Morgan fingerprint density at radius 1 is 1.29 bits per heavy atom. The van der Waals surface area contributed by atoms with Gasteiger partial charge in [-0.3, -0.25) is 15.1 Å². The Morgan fingerprint density at radius 3 is 2.71 bits per heavy atom. The van der Waals surface area contributed by atoms with Gasteiger partial charge in [0.15, 0.2) is 0 Å². The number of rotatable bonds is 7. The normalized spacial score (nSPS) is 12.0. The Bertz CT molecular complexity index is 587. The van der Waals surface area contributed by atoms with Gasteiger partial charge < -0.3 is 5.32 Å². The maximum atomic E-state index is 10.8. The fourth-order valence-electron chi connectivity index (χ4n) is 2.21. The summed E-state index contributed by atoms with van der Waals surface area (Å²) in [7, 11) is 0. The molecule has 1 aromatic carbocycles. The van der Waals surface area contributed by atoms with Crippen LogP contribution < -0.4 is 5.32 Å². The lowest BCUT2D eigenvalue weighted by Gasteiger charge is -2.18. The molecule has 0 aliphatic carbocycles. The molecule has 1 unspecified atom stereocenters. The van der Waals surface area contributed by atoms with E-state index in [1.807, 2.05) is 18.2 Å². The molecule has 0 radical (unpaired) electrons. The Hall–Kier alpha value is -2.27. The zero-order valence-electron chi connectivity index (χ0n) is 12.0. The molecule has 0 saturated heterocycles. The molecule has 1 aromatic heterocycles. The topological polar surface area (TPSA) is 68.1 Å². The van der Waals surface area contributed by atoms with Crippen LogP contribution in [0.3, 0.4) is 0 Å². The predicted molar refractivity (Wildman–Crippen MR) is 82.1 cm³/mol. The van der Waals surface area contributed by atoms with Gasteiger partial charge in [-0.1, -0.05) is 37.3 Å². The largest absolute Gasteiger partial charge is 0.310 e. The van der Waals surface area contributed by atoms with Crippen molar-refractivity contribution in [2.24, 2.45) is 0 Å². The van der Waals surface area contributed by atoms with Crippen LogP contribution in [0.25, 0.3) is 0 Å². The summed E-state index contributed by atoms with van der Waals surface area (Å²) in [5, 5.41) is 14.3. The maximum absolute atomic E-state index is 10.8. The van der Waals surface area contributed by atoms with E-state index in [0.29, 0.717) is 6.42 Å². The Labute approximate surface area is 124 Å². The summed E-state index contributed by atoms with van der Waals surface area (Å²) in [6.07, 6.45) is 3.16. The van der Waals surface area contributed by atoms with E-state index >= 15 is 0 Å². The summed E-state index contributed by atoms with van der Waals surface area (Å²) in [5.41, 5.74) is 1.98. The quantitative estimate of drug-likeness (QED) is 0.626. The standard InChI is InChI=1S/C16H19N3O2/c1-2-9-18-16(13-6-4-3-5-7-13)12-14-11-15(19(20)21)8-10-17-14/h3-8,10-11,16,18H,2,9,12H2,1H3. The molecule has 110 valence electrons. The molecular formula is C16H19N3O2. The van der Waals surface area contributed by atoms with Crippen molar-refractivity contribution in [2.75, 3.05) is 6.54 Å². The third kappa shape index (κ3) is 4.36. The summed E-state index contributed by atoms with van der Waals surface area (Å²) >= 11 is 0. The average Bonchev–Trinajstić information content (AvgIpc) is 2.52. The van der Waals surface area contributed by atoms with Crippen molar-refractivity contribution >= 4 is 5.69 Å². The number of nitro groups is 1. The lowest BCUT2D eigenvalue weighted by Crippen LogP contribution is -2.24. The van der Waals surface area contributed by atoms with Crippen LogP contribution >= 0.6 is 0 Å². The number of hydrogen-bond donors (Lipinski definition) is 1. The zero-order chi connectivity index (χ0) is 15.1. The second-order valence-electron chi connectivity index (χ2n) is 4.88. The van der Waals surface area contributed by atoms with Crippen molar-refractivity contribution in [1.82, 2.24) is 10.3 Å². The molecule has 1 N–H and O–H groups in total. The van der Waals surface area contributed by atoms with E-state index in [-0.39, 0.29) is 16.7 Å². The summed E-state index contributed by atoms with van der Waals surface area (Å²) in [4.78, 5) is 14.7. The van der Waals surface area contributed by atoms with Gasteiger partial charge in [0.25, 0.3) is 5.69 Å². The van der Waals surface area contributed by atoms with Gasteiger partial charge in [0.1, 0.15) is 0 Å². The van der Waals surface area contributed by atoms with Crippen LogP contribution in [0, 0.1) is 10.1 Å². The van der Waals surface area contributed by atoms with Crippen LogP contribution in [0.5, 0.6) is 0 Å². The predicted octanol–water partition coefficient (Wildman–Crippen LogP) is 3.27. The second-order valence-corrected chi connectivity index (χ2v) is 4.88. The van der Waals surface area contributed by atoms with Gasteiger partial charge in [-0.2, -0.15) is 0 Å². The first-order chi connectivity index (χ1) is 10.2. The molecule has 1 atom stereocenters. The molecule has 0 amide bonds. The molecule has 5 nitrogen and oxygen atoms in total. The molecule has 0 aliphatic heterocycles. The van der Waals surface area contributed by atoms with Gasteiger partial charge in [-0.05, 0) is 18.5 Å². The van der Waals surface area contributed by atoms with Crippen molar-refractivity contribution in [1.29, 1.82) is 0 Å². The van der Waals surface area contributed by atoms with Gasteiger partial charge in [-0.15, -0.1) is 0 Å². The first kappa shape index (κ1) is 15.1. The van der Waals surface area contributed by atoms with Crippen LogP contribution in [0.4, 0.5) is 5.69 Å². The van der Waals surface area contributed by atoms with Gasteiger partial charge in [0.2, 0.25) is 0 Å². The van der Waals surface area contributed by atoms with E-state index < -0.39 is 0 Å². The highest BCUT2D eigenvalue weighted by Crippen LogP contribution is 2.19. The molecule has 2 aromatic rings. The summed E-state index contributed by atoms with van der Waals surface area (Å²) in [5.74, 6) is 0. The number of aromatic nitrogens is 1. The van der Waals surface area contributed by atoms with E-state index in [1.165, 1.54) is 17.8 Å². The second kappa shape index (κ2) is 7.50. The molecular weight excluding hydrogens is 266 g/mol. The number of nitrogens with one attached hydrogen (secondary N) is 1. The first-order valence-corrected chi connectivity index (χ1v) is 7.08. The number of pyridine rings is 1. The van der Waals surface area contributed by atoms with Crippen LogP contribution in [-0.4, -0.2) is 16.5 Å². The molecule has 1 heterocycles. The lowest BCUT2D eigenvalue weighted by atomic mass is 10.0. The van der Waals surface area contributed by atoms with Gasteiger partial charge in [0, 0.05) is 36.5 Å². The molecule has 0 spiro atoms. The first-order valence-electron chi connectivity index (χ1n) is 7.08. The summed E-state index contributed by atoms with van der Waals surface area (Å²) in [6.45, 7) is 3.01. The average molecular weight is 285 g/mol. The van der Waals surface area contributed by atoms with Gasteiger partial charge in [-0.25, -0.2) is 0 Å². The maximum Gasteiger partial charge on any atom is 0.272 e. The van der Waals surface area contributed by atoms with Crippen molar-refractivity contribution in [3.8, 4) is 0 Å². The minimum Gasteiger partial charge on any atom is -0.310 e. The summed E-state index contributed by atoms with van der Waals surface area (Å²) in [6, 6.07) is 13.2. The monoisotopic (exact) mass is 285 g/mol. The van der Waals surface area contributed by atoms with Crippen molar-refractivity contribution in [3.05, 3.63) is 70.0 Å². The minimum atomic E-state index is -0.387. The zero-order valence-corrected chi connectivity index (χ0v) is 12.0. The third-order valence-electron chi connectivity index (χ3n) is 3.27. The van der Waals surface area contributed by atoms with E-state index in [9.17, 15) is 10.1 Å². The van der Waals surface area contributed by atoms with Gasteiger partial charge in [0.05, 0.1) is 4.92 Å². The fraction of sp³-hybridized carbons (Fsp3) is 0.312. The lowest BCUT2D eigenvalue weighted by molar-refractivity contribution is -0.385. The minimum absolute atomic E-state index is 0.0855. The van der Waals surface area contributed by atoms with Crippen LogP contribution in [-0.2, 0) is 6.42 Å². The molecule has 21 heavy (non-hydrogen) atoms. The molecule has 2 rings (SSSR count). The highest BCUT2D eigenvalue weighted by molar-refractivity contribution is 5.31. The smallest absolute Gasteiger partial charge is 0.272 e. The van der Waals surface area contributed by atoms with Crippen LogP contribution in [0.1, 0.15) is 30.6 Å². The third-order valence-corrected chi connectivity index (χ3v) is 3.27. The van der Waals surface area contributed by atoms with Crippen molar-refractivity contribution in [2.45, 2.75) is 25.8 Å². The highest BCUT2D eigenvalue weighted by Gasteiger charge is 2.14. The number of nitrogens with zero attached hydrogens (tertiary/aromatic N) is 2. The van der Waals surface area contributed by atoms with Gasteiger partial charge >= 0.3 is 0 Å². The molecule has 5 heteroatoms. The van der Waals surface area contributed by atoms with E-state index in [1.54, 1.807) is 6.07 Å².